The van der Waals surface area contributed by atoms with Crippen LogP contribution in [0.4, 0.5) is 5.69 Å². The highest BCUT2D eigenvalue weighted by Gasteiger charge is 2.21. The zero-order chi connectivity index (χ0) is 19.9. The van der Waals surface area contributed by atoms with Gasteiger partial charge in [-0.15, -0.1) is 0 Å². The molecule has 0 saturated carbocycles. The van der Waals surface area contributed by atoms with Crippen LogP contribution < -0.4 is 9.62 Å². The summed E-state index contributed by atoms with van der Waals surface area (Å²) in [6, 6.07) is 14.4. The van der Waals surface area contributed by atoms with Crippen molar-refractivity contribution < 1.29 is 23.1 Å². The molecule has 144 valence electrons. The fraction of sp³-hybridized carbons (Fsp3) is 0.263. The highest BCUT2D eigenvalue weighted by molar-refractivity contribution is 7.92. The number of nitrogens with zero attached hydrogens (tertiary/aromatic N) is 1. The van der Waals surface area contributed by atoms with Crippen molar-refractivity contribution >= 4 is 27.6 Å². The molecule has 0 spiro atoms. The van der Waals surface area contributed by atoms with Crippen molar-refractivity contribution in [1.29, 1.82) is 0 Å². The number of amides is 1. The van der Waals surface area contributed by atoms with Gasteiger partial charge >= 0.3 is 5.97 Å². The van der Waals surface area contributed by atoms with Crippen molar-refractivity contribution in [2.24, 2.45) is 0 Å². The largest absolute Gasteiger partial charge is 0.481 e. The fourth-order valence-corrected chi connectivity index (χ4v) is 3.61. The van der Waals surface area contributed by atoms with E-state index in [-0.39, 0.29) is 17.2 Å². The number of nitrogens with one attached hydrogen (secondary N) is 1. The molecule has 0 saturated heterocycles. The van der Waals surface area contributed by atoms with E-state index in [1.54, 1.807) is 30.3 Å². The standard InChI is InChI=1S/C19H22N2O5S/c1-21(16-7-3-2-4-8-16)27(25,26)17-12-10-15(11-13-17)19(24)20-14-6-5-9-18(22)23/h2-4,7-8,10-13H,5-6,9,14H2,1H3,(H,20,24)(H,22,23). The molecule has 0 bridgehead atoms. The van der Waals surface area contributed by atoms with Gasteiger partial charge in [0.1, 0.15) is 0 Å². The normalized spacial score (nSPS) is 11.0. The van der Waals surface area contributed by atoms with E-state index in [0.29, 0.717) is 30.6 Å². The van der Waals surface area contributed by atoms with Crippen molar-refractivity contribution in [3.05, 3.63) is 60.2 Å². The number of carbonyl (C=O) groups is 2. The lowest BCUT2D eigenvalue weighted by atomic mass is 10.2. The van der Waals surface area contributed by atoms with Gasteiger partial charge in [-0.1, -0.05) is 18.2 Å². The van der Waals surface area contributed by atoms with Crippen LogP contribution in [-0.4, -0.2) is 39.0 Å². The maximum atomic E-state index is 12.7. The summed E-state index contributed by atoms with van der Waals surface area (Å²) < 4.78 is 26.6. The van der Waals surface area contributed by atoms with Gasteiger partial charge in [0.25, 0.3) is 15.9 Å². The fourth-order valence-electron chi connectivity index (χ4n) is 2.42. The molecule has 0 fully saturated rings. The van der Waals surface area contributed by atoms with E-state index >= 15 is 0 Å². The zero-order valence-corrected chi connectivity index (χ0v) is 15.8. The first-order valence-electron chi connectivity index (χ1n) is 8.46. The molecule has 27 heavy (non-hydrogen) atoms. The Bertz CT molecular complexity index is 880. The Balaban J connectivity index is 1.99. The lowest BCUT2D eigenvalue weighted by molar-refractivity contribution is -0.137. The average molecular weight is 390 g/mol. The number of aliphatic carboxylic acids is 1. The number of benzene rings is 2. The molecule has 0 unspecified atom stereocenters. The summed E-state index contributed by atoms with van der Waals surface area (Å²) in [6.45, 7) is 0.364. The lowest BCUT2D eigenvalue weighted by Gasteiger charge is -2.19. The van der Waals surface area contributed by atoms with Gasteiger partial charge in [0.15, 0.2) is 0 Å². The third-order valence-electron chi connectivity index (χ3n) is 4.00. The van der Waals surface area contributed by atoms with E-state index in [1.165, 1.54) is 35.6 Å². The Hall–Kier alpha value is -2.87. The number of unbranched alkanes of at least 4 members (excludes halogenated alkanes) is 1. The Morgan fingerprint density at radius 3 is 2.22 bits per heavy atom. The van der Waals surface area contributed by atoms with Gasteiger partial charge in [-0.05, 0) is 49.2 Å². The van der Waals surface area contributed by atoms with Crippen LogP contribution in [0.1, 0.15) is 29.6 Å². The minimum Gasteiger partial charge on any atom is -0.481 e. The molecule has 2 rings (SSSR count). The maximum absolute atomic E-state index is 12.7. The predicted molar refractivity (Wildman–Crippen MR) is 102 cm³/mol. The first-order chi connectivity index (χ1) is 12.8. The van der Waals surface area contributed by atoms with Crippen LogP contribution in [0.25, 0.3) is 0 Å². The number of hydrogen-bond acceptors (Lipinski definition) is 4. The smallest absolute Gasteiger partial charge is 0.303 e. The molecule has 0 atom stereocenters. The number of anilines is 1. The van der Waals surface area contributed by atoms with Gasteiger partial charge < -0.3 is 10.4 Å². The second kappa shape index (κ2) is 9.18. The lowest BCUT2D eigenvalue weighted by Crippen LogP contribution is -2.27. The first kappa shape index (κ1) is 20.4. The molecule has 2 N–H and O–H groups in total. The summed E-state index contributed by atoms with van der Waals surface area (Å²) in [6.07, 6.45) is 1.11. The second-order valence-corrected chi connectivity index (χ2v) is 7.91. The van der Waals surface area contributed by atoms with E-state index < -0.39 is 16.0 Å². The average Bonchev–Trinajstić information content (AvgIpc) is 2.67. The third kappa shape index (κ3) is 5.55. The van der Waals surface area contributed by atoms with Crippen molar-refractivity contribution in [3.63, 3.8) is 0 Å². The van der Waals surface area contributed by atoms with Crippen LogP contribution in [0.2, 0.25) is 0 Å². The van der Waals surface area contributed by atoms with Crippen LogP contribution in [0.3, 0.4) is 0 Å². The molecule has 0 aliphatic carbocycles. The minimum absolute atomic E-state index is 0.0668. The third-order valence-corrected chi connectivity index (χ3v) is 5.80. The molecule has 1 amide bonds. The molecular formula is C19H22N2O5S. The van der Waals surface area contributed by atoms with Gasteiger partial charge in [0.2, 0.25) is 0 Å². The summed E-state index contributed by atoms with van der Waals surface area (Å²) in [4.78, 5) is 22.6. The Labute approximate surface area is 158 Å². The van der Waals surface area contributed by atoms with Crippen LogP contribution in [-0.2, 0) is 14.8 Å². The Morgan fingerprint density at radius 2 is 1.63 bits per heavy atom. The van der Waals surface area contributed by atoms with Crippen LogP contribution in [0, 0.1) is 0 Å². The number of sulfonamides is 1. The number of carboxylic acid groups (broad SMARTS) is 1. The Morgan fingerprint density at radius 1 is 1.00 bits per heavy atom. The molecule has 2 aromatic carbocycles. The highest BCUT2D eigenvalue weighted by Crippen LogP contribution is 2.21. The predicted octanol–water partition coefficient (Wildman–Crippen LogP) is 2.50. The number of para-hydroxylation sites is 1. The SMILES string of the molecule is CN(c1ccccc1)S(=O)(=O)c1ccc(C(=O)NCCCCC(=O)O)cc1. The van der Waals surface area contributed by atoms with E-state index in [2.05, 4.69) is 5.32 Å². The van der Waals surface area contributed by atoms with E-state index in [1.807, 2.05) is 0 Å². The van der Waals surface area contributed by atoms with Crippen LogP contribution in [0.15, 0.2) is 59.5 Å². The number of rotatable bonds is 9. The summed E-state index contributed by atoms with van der Waals surface area (Å²) in [5, 5.41) is 11.3. The molecule has 0 heterocycles. The van der Waals surface area contributed by atoms with Crippen molar-refractivity contribution in [2.75, 3.05) is 17.9 Å². The molecule has 2 aromatic rings. The molecule has 0 aromatic heterocycles. The zero-order valence-electron chi connectivity index (χ0n) is 15.0. The Kier molecular flexibility index (Phi) is 6.95. The molecule has 0 aliphatic rings. The highest BCUT2D eigenvalue weighted by atomic mass is 32.2. The molecule has 8 heteroatoms. The van der Waals surface area contributed by atoms with Crippen LogP contribution >= 0.6 is 0 Å². The minimum atomic E-state index is -3.72. The first-order valence-corrected chi connectivity index (χ1v) is 9.90. The van der Waals surface area contributed by atoms with E-state index in [9.17, 15) is 18.0 Å². The van der Waals surface area contributed by atoms with E-state index in [4.69, 9.17) is 5.11 Å². The number of hydrogen-bond donors (Lipinski definition) is 2. The summed E-state index contributed by atoms with van der Waals surface area (Å²) >= 11 is 0. The molecule has 7 nitrogen and oxygen atoms in total. The van der Waals surface area contributed by atoms with E-state index in [0.717, 1.165) is 0 Å². The summed E-state index contributed by atoms with van der Waals surface area (Å²) in [5.74, 6) is -1.19. The molecular weight excluding hydrogens is 368 g/mol. The van der Waals surface area contributed by atoms with Gasteiger partial charge in [0, 0.05) is 25.6 Å². The number of carbonyl (C=O) groups excluding carboxylic acids is 1. The van der Waals surface area contributed by atoms with Gasteiger partial charge in [-0.3, -0.25) is 13.9 Å². The van der Waals surface area contributed by atoms with Gasteiger partial charge in [0.05, 0.1) is 10.6 Å². The quantitative estimate of drug-likeness (QED) is 0.640. The topological polar surface area (TPSA) is 104 Å². The monoisotopic (exact) mass is 390 g/mol. The molecule has 0 radical (unpaired) electrons. The summed E-state index contributed by atoms with van der Waals surface area (Å²) in [7, 11) is -2.25. The van der Waals surface area contributed by atoms with Gasteiger partial charge in [-0.25, -0.2) is 8.42 Å². The maximum Gasteiger partial charge on any atom is 0.303 e. The van der Waals surface area contributed by atoms with Crippen molar-refractivity contribution in [2.45, 2.75) is 24.2 Å². The van der Waals surface area contributed by atoms with Gasteiger partial charge in [-0.2, -0.15) is 0 Å². The second-order valence-electron chi connectivity index (χ2n) is 5.94. The van der Waals surface area contributed by atoms with Crippen LogP contribution in [0.5, 0.6) is 0 Å². The summed E-state index contributed by atoms with van der Waals surface area (Å²) in [5.41, 5.74) is 0.884. The van der Waals surface area contributed by atoms with Crippen molar-refractivity contribution in [3.8, 4) is 0 Å². The number of carboxylic acids is 1. The molecule has 0 aliphatic heterocycles. The van der Waals surface area contributed by atoms with Crippen molar-refractivity contribution in [1.82, 2.24) is 5.32 Å².